The van der Waals surface area contributed by atoms with E-state index in [-0.39, 0.29) is 17.9 Å². The van der Waals surface area contributed by atoms with Gasteiger partial charge in [-0.25, -0.2) is 8.42 Å². The summed E-state index contributed by atoms with van der Waals surface area (Å²) in [6.45, 7) is 4.42. The molecular weight excluding hydrogens is 454 g/mol. The van der Waals surface area contributed by atoms with Crippen molar-refractivity contribution in [2.45, 2.75) is 38.1 Å². The van der Waals surface area contributed by atoms with Crippen LogP contribution in [0.2, 0.25) is 5.02 Å². The molecule has 0 aliphatic rings. The highest BCUT2D eigenvalue weighted by Crippen LogP contribution is 2.23. The van der Waals surface area contributed by atoms with Gasteiger partial charge < -0.3 is 9.64 Å². The quantitative estimate of drug-likeness (QED) is 0.554. The molecule has 1 atom stereocenters. The molecular formula is C22H24ClN3O5S. The molecule has 0 aliphatic heterocycles. The van der Waals surface area contributed by atoms with Gasteiger partial charge in [-0.3, -0.25) is 9.59 Å². The van der Waals surface area contributed by atoms with Crippen molar-refractivity contribution in [1.29, 1.82) is 5.26 Å². The average Bonchev–Trinajstić information content (AvgIpc) is 2.74. The largest absolute Gasteiger partial charge is 0.454 e. The fourth-order valence-electron chi connectivity index (χ4n) is 2.76. The predicted octanol–water partition coefficient (Wildman–Crippen LogP) is 3.11. The molecule has 0 aromatic heterocycles. The zero-order valence-electron chi connectivity index (χ0n) is 18.0. The van der Waals surface area contributed by atoms with Crippen LogP contribution in [-0.2, 0) is 24.3 Å². The van der Waals surface area contributed by atoms with Crippen LogP contribution in [0.1, 0.15) is 24.5 Å². The number of sulfonamides is 1. The topological polar surface area (TPSA) is 117 Å². The number of halogens is 1. The van der Waals surface area contributed by atoms with Gasteiger partial charge in [-0.1, -0.05) is 29.3 Å². The number of esters is 1. The minimum Gasteiger partial charge on any atom is -0.454 e. The van der Waals surface area contributed by atoms with E-state index >= 15 is 0 Å². The van der Waals surface area contributed by atoms with Gasteiger partial charge in [-0.2, -0.15) is 9.98 Å². The lowest BCUT2D eigenvalue weighted by Crippen LogP contribution is -2.41. The number of carbonyl (C=O) groups is 2. The Balaban J connectivity index is 2.03. The molecule has 2 aromatic rings. The standard InChI is InChI=1S/C22H24ClN3O5S/c1-15-5-8-19(9-6-15)32(29,30)25-17(3)22(28)31-14-21(27)26(12-4-11-24)18-7-10-20(23)16(2)13-18/h5-10,13,17,25H,4,12,14H2,1-3H3/t17-/m0/s1. The number of hydrogen-bond donors (Lipinski definition) is 1. The van der Waals surface area contributed by atoms with E-state index in [0.29, 0.717) is 10.7 Å². The third-order valence-electron chi connectivity index (χ3n) is 4.56. The normalized spacial score (nSPS) is 12.0. The lowest BCUT2D eigenvalue weighted by molar-refractivity contribution is -0.149. The maximum Gasteiger partial charge on any atom is 0.324 e. The van der Waals surface area contributed by atoms with Crippen molar-refractivity contribution in [3.8, 4) is 6.07 Å². The van der Waals surface area contributed by atoms with Crippen molar-refractivity contribution in [3.05, 3.63) is 58.6 Å². The number of aryl methyl sites for hydroxylation is 2. The Morgan fingerprint density at radius 3 is 2.44 bits per heavy atom. The van der Waals surface area contributed by atoms with Crippen LogP contribution in [0.25, 0.3) is 0 Å². The Hall–Kier alpha value is -2.93. The number of anilines is 1. The van der Waals surface area contributed by atoms with Crippen molar-refractivity contribution >= 4 is 39.2 Å². The van der Waals surface area contributed by atoms with Crippen LogP contribution in [0.3, 0.4) is 0 Å². The molecule has 2 rings (SSSR count). The van der Waals surface area contributed by atoms with E-state index in [1.54, 1.807) is 37.3 Å². The van der Waals surface area contributed by atoms with Crippen molar-refractivity contribution in [2.24, 2.45) is 0 Å². The van der Waals surface area contributed by atoms with Crippen molar-refractivity contribution in [2.75, 3.05) is 18.1 Å². The second-order valence-corrected chi connectivity index (χ2v) is 9.27. The van der Waals surface area contributed by atoms with Crippen LogP contribution in [0.4, 0.5) is 5.69 Å². The van der Waals surface area contributed by atoms with Crippen LogP contribution in [-0.4, -0.2) is 39.5 Å². The molecule has 8 nitrogen and oxygen atoms in total. The molecule has 0 spiro atoms. The van der Waals surface area contributed by atoms with E-state index in [4.69, 9.17) is 21.6 Å². The van der Waals surface area contributed by atoms with Gasteiger partial charge in [0.2, 0.25) is 10.0 Å². The van der Waals surface area contributed by atoms with Gasteiger partial charge in [0.15, 0.2) is 6.61 Å². The molecule has 1 amide bonds. The van der Waals surface area contributed by atoms with Gasteiger partial charge in [0.1, 0.15) is 6.04 Å². The van der Waals surface area contributed by atoms with Crippen molar-refractivity contribution < 1.29 is 22.7 Å². The zero-order chi connectivity index (χ0) is 23.9. The maximum atomic E-state index is 12.7. The number of hydrogen-bond acceptors (Lipinski definition) is 6. The Bertz CT molecular complexity index is 1130. The molecule has 0 saturated carbocycles. The maximum absolute atomic E-state index is 12.7. The number of benzene rings is 2. The van der Waals surface area contributed by atoms with Crippen LogP contribution < -0.4 is 9.62 Å². The molecule has 10 heteroatoms. The summed E-state index contributed by atoms with van der Waals surface area (Å²) in [7, 11) is -3.93. The fourth-order valence-corrected chi connectivity index (χ4v) is 4.07. The van der Waals surface area contributed by atoms with Gasteiger partial charge in [0.25, 0.3) is 5.91 Å². The molecule has 0 fully saturated rings. The Morgan fingerprint density at radius 1 is 1.19 bits per heavy atom. The van der Waals surface area contributed by atoms with E-state index in [0.717, 1.165) is 11.1 Å². The fraction of sp³-hybridized carbons (Fsp3) is 0.318. The molecule has 0 radical (unpaired) electrons. The Labute approximate surface area is 192 Å². The third-order valence-corrected chi connectivity index (χ3v) is 6.54. The summed E-state index contributed by atoms with van der Waals surface area (Å²) in [6.07, 6.45) is 0.0775. The molecule has 32 heavy (non-hydrogen) atoms. The molecule has 1 N–H and O–H groups in total. The van der Waals surface area contributed by atoms with E-state index in [9.17, 15) is 18.0 Å². The number of rotatable bonds is 9. The van der Waals surface area contributed by atoms with Gasteiger partial charge in [-0.05, 0) is 56.7 Å². The number of carbonyl (C=O) groups excluding carboxylic acids is 2. The second-order valence-electron chi connectivity index (χ2n) is 7.15. The zero-order valence-corrected chi connectivity index (χ0v) is 19.5. The number of nitrogens with one attached hydrogen (secondary N) is 1. The summed E-state index contributed by atoms with van der Waals surface area (Å²) in [5.41, 5.74) is 2.15. The van der Waals surface area contributed by atoms with E-state index in [1.807, 2.05) is 13.0 Å². The minimum absolute atomic E-state index is 0.0135. The second kappa shape index (κ2) is 11.1. The number of nitriles is 1. The summed E-state index contributed by atoms with van der Waals surface area (Å²) in [4.78, 5) is 26.3. The summed E-state index contributed by atoms with van der Waals surface area (Å²) in [5.74, 6) is -1.45. The number of ether oxygens (including phenoxy) is 1. The van der Waals surface area contributed by atoms with Gasteiger partial charge in [0.05, 0.1) is 17.4 Å². The summed E-state index contributed by atoms with van der Waals surface area (Å²) in [5, 5.41) is 9.42. The monoisotopic (exact) mass is 477 g/mol. The SMILES string of the molecule is Cc1ccc(S(=O)(=O)N[C@@H](C)C(=O)OCC(=O)N(CCC#N)c2ccc(Cl)c(C)c2)cc1. The highest BCUT2D eigenvalue weighted by Gasteiger charge is 2.25. The van der Waals surface area contributed by atoms with Crippen LogP contribution >= 0.6 is 11.6 Å². The summed E-state index contributed by atoms with van der Waals surface area (Å²) < 4.78 is 32.1. The Morgan fingerprint density at radius 2 is 1.84 bits per heavy atom. The first-order valence-corrected chi connectivity index (χ1v) is 11.6. The first-order chi connectivity index (χ1) is 15.0. The van der Waals surface area contributed by atoms with E-state index < -0.39 is 34.5 Å². The Kier molecular flexibility index (Phi) is 8.78. The molecule has 0 saturated heterocycles. The van der Waals surface area contributed by atoms with Gasteiger partial charge >= 0.3 is 5.97 Å². The smallest absolute Gasteiger partial charge is 0.324 e. The van der Waals surface area contributed by atoms with Crippen molar-refractivity contribution in [3.63, 3.8) is 0 Å². The molecule has 2 aromatic carbocycles. The van der Waals surface area contributed by atoms with Crippen molar-refractivity contribution in [1.82, 2.24) is 4.72 Å². The third kappa shape index (κ3) is 6.79. The molecule has 0 unspecified atom stereocenters. The van der Waals surface area contributed by atoms with Gasteiger partial charge in [0, 0.05) is 17.3 Å². The van der Waals surface area contributed by atoms with Crippen LogP contribution in [0.5, 0.6) is 0 Å². The van der Waals surface area contributed by atoms with Gasteiger partial charge in [-0.15, -0.1) is 0 Å². The van der Waals surface area contributed by atoms with E-state index in [1.165, 1.54) is 24.0 Å². The molecule has 170 valence electrons. The summed E-state index contributed by atoms with van der Waals surface area (Å²) in [6, 6.07) is 11.9. The first-order valence-electron chi connectivity index (χ1n) is 9.74. The average molecular weight is 478 g/mol. The molecule has 0 heterocycles. The highest BCUT2D eigenvalue weighted by atomic mass is 35.5. The predicted molar refractivity (Wildman–Crippen MR) is 121 cm³/mol. The van der Waals surface area contributed by atoms with E-state index in [2.05, 4.69) is 4.72 Å². The van der Waals surface area contributed by atoms with Crippen LogP contribution in [0.15, 0.2) is 47.4 Å². The highest BCUT2D eigenvalue weighted by molar-refractivity contribution is 7.89. The summed E-state index contributed by atoms with van der Waals surface area (Å²) >= 11 is 6.03. The first kappa shape index (κ1) is 25.3. The molecule has 0 bridgehead atoms. The minimum atomic E-state index is -3.93. The van der Waals surface area contributed by atoms with Crippen LogP contribution in [0, 0.1) is 25.2 Å². The molecule has 0 aliphatic carbocycles. The number of nitrogens with zero attached hydrogens (tertiary/aromatic N) is 2. The lowest BCUT2D eigenvalue weighted by Gasteiger charge is -2.23. The number of amides is 1. The lowest BCUT2D eigenvalue weighted by atomic mass is 10.2.